The Morgan fingerprint density at radius 3 is 2.80 bits per heavy atom. The molecule has 3 rings (SSSR count). The molecule has 3 N–H and O–H groups in total. The number of benzene rings is 2. The quantitative estimate of drug-likeness (QED) is 0.639. The van der Waals surface area contributed by atoms with Gasteiger partial charge in [0.25, 0.3) is 0 Å². The van der Waals surface area contributed by atoms with Crippen LogP contribution >= 0.6 is 11.6 Å². The van der Waals surface area contributed by atoms with E-state index in [9.17, 15) is 0 Å². The van der Waals surface area contributed by atoms with Gasteiger partial charge in [0.2, 0.25) is 0 Å². The van der Waals surface area contributed by atoms with Crippen LogP contribution in [0.1, 0.15) is 24.4 Å². The van der Waals surface area contributed by atoms with Gasteiger partial charge in [0.1, 0.15) is 0 Å². The van der Waals surface area contributed by atoms with E-state index in [-0.39, 0.29) is 0 Å². The van der Waals surface area contributed by atoms with Crippen molar-refractivity contribution < 1.29 is 0 Å². The molecule has 25 heavy (non-hydrogen) atoms. The number of nitrogens with zero attached hydrogens (tertiary/aromatic N) is 2. The van der Waals surface area contributed by atoms with E-state index in [0.717, 1.165) is 23.7 Å². The van der Waals surface area contributed by atoms with Gasteiger partial charge in [-0.3, -0.25) is 9.89 Å². The zero-order valence-electron chi connectivity index (χ0n) is 14.5. The summed E-state index contributed by atoms with van der Waals surface area (Å²) in [4.78, 5) is 7.00. The largest absolute Gasteiger partial charge is 0.370 e. The summed E-state index contributed by atoms with van der Waals surface area (Å²) in [6, 6.07) is 18.4. The van der Waals surface area contributed by atoms with Crippen LogP contribution in [0.4, 0.5) is 5.69 Å². The smallest absolute Gasteiger partial charge is 0.193 e. The molecule has 4 nitrogen and oxygen atoms in total. The first-order valence-electron chi connectivity index (χ1n) is 8.71. The summed E-state index contributed by atoms with van der Waals surface area (Å²) in [6.07, 6.45) is 2.32. The van der Waals surface area contributed by atoms with E-state index >= 15 is 0 Å². The molecule has 5 heteroatoms. The molecule has 0 bridgehead atoms. The Labute approximate surface area is 154 Å². The fourth-order valence-electron chi connectivity index (χ4n) is 3.59. The Balaban J connectivity index is 1.71. The molecular weight excluding hydrogens is 332 g/mol. The summed E-state index contributed by atoms with van der Waals surface area (Å²) < 4.78 is 0. The van der Waals surface area contributed by atoms with E-state index in [0.29, 0.717) is 24.5 Å². The van der Waals surface area contributed by atoms with Crippen LogP contribution in [0.5, 0.6) is 0 Å². The van der Waals surface area contributed by atoms with Crippen LogP contribution in [-0.2, 0) is 0 Å². The predicted molar refractivity (Wildman–Crippen MR) is 106 cm³/mol. The summed E-state index contributed by atoms with van der Waals surface area (Å²) >= 11 is 6.20. The molecular formula is C20H25ClN4. The minimum atomic E-state index is 0.320. The summed E-state index contributed by atoms with van der Waals surface area (Å²) in [7, 11) is 2.17. The number of anilines is 1. The SMILES string of the molecule is CN1CCCC(CN=C(N)Nc2ccccc2)C1c1cccc(Cl)c1. The maximum absolute atomic E-state index is 6.20. The van der Waals surface area contributed by atoms with Crippen LogP contribution in [0.15, 0.2) is 59.6 Å². The van der Waals surface area contributed by atoms with Crippen LogP contribution in [0.25, 0.3) is 0 Å². The van der Waals surface area contributed by atoms with Crippen molar-refractivity contribution in [2.75, 3.05) is 25.5 Å². The van der Waals surface area contributed by atoms with Crippen molar-refractivity contribution in [3.8, 4) is 0 Å². The van der Waals surface area contributed by atoms with Gasteiger partial charge in [0.15, 0.2) is 5.96 Å². The number of halogens is 1. The minimum absolute atomic E-state index is 0.320. The van der Waals surface area contributed by atoms with Gasteiger partial charge in [-0.1, -0.05) is 41.9 Å². The number of piperidine rings is 1. The van der Waals surface area contributed by atoms with Gasteiger partial charge < -0.3 is 11.1 Å². The molecule has 1 heterocycles. The van der Waals surface area contributed by atoms with Crippen molar-refractivity contribution in [2.45, 2.75) is 18.9 Å². The number of para-hydroxylation sites is 1. The first-order chi connectivity index (χ1) is 12.1. The first kappa shape index (κ1) is 17.8. The molecule has 2 aromatic carbocycles. The van der Waals surface area contributed by atoms with Crippen molar-refractivity contribution in [1.82, 2.24) is 4.90 Å². The summed E-state index contributed by atoms with van der Waals surface area (Å²) in [5, 5.41) is 3.93. The van der Waals surface area contributed by atoms with E-state index in [1.807, 2.05) is 42.5 Å². The molecule has 1 aliphatic rings. The van der Waals surface area contributed by atoms with Gasteiger partial charge in [0.05, 0.1) is 0 Å². The van der Waals surface area contributed by atoms with Gasteiger partial charge >= 0.3 is 0 Å². The van der Waals surface area contributed by atoms with Crippen LogP contribution in [0, 0.1) is 5.92 Å². The van der Waals surface area contributed by atoms with E-state index in [1.54, 1.807) is 0 Å². The second kappa shape index (κ2) is 8.37. The van der Waals surface area contributed by atoms with Crippen LogP contribution < -0.4 is 11.1 Å². The zero-order chi connectivity index (χ0) is 17.6. The van der Waals surface area contributed by atoms with Gasteiger partial charge in [-0.15, -0.1) is 0 Å². The molecule has 2 unspecified atom stereocenters. The molecule has 0 radical (unpaired) electrons. The maximum atomic E-state index is 6.20. The normalized spacial score (nSPS) is 21.9. The highest BCUT2D eigenvalue weighted by atomic mass is 35.5. The van der Waals surface area contributed by atoms with Crippen LogP contribution in [0.2, 0.25) is 5.02 Å². The average Bonchev–Trinajstić information content (AvgIpc) is 2.61. The third-order valence-corrected chi connectivity index (χ3v) is 4.97. The minimum Gasteiger partial charge on any atom is -0.370 e. The molecule has 0 amide bonds. The molecule has 2 atom stereocenters. The summed E-state index contributed by atoms with van der Waals surface area (Å²) in [5.74, 6) is 0.887. The molecule has 132 valence electrons. The Morgan fingerprint density at radius 2 is 2.04 bits per heavy atom. The van der Waals surface area contributed by atoms with E-state index in [1.165, 1.54) is 12.0 Å². The molecule has 0 aliphatic carbocycles. The molecule has 1 saturated heterocycles. The van der Waals surface area contributed by atoms with E-state index < -0.39 is 0 Å². The monoisotopic (exact) mass is 356 g/mol. The van der Waals surface area contributed by atoms with Crippen molar-refractivity contribution in [2.24, 2.45) is 16.6 Å². The summed E-state index contributed by atoms with van der Waals surface area (Å²) in [6.45, 7) is 1.79. The molecule has 0 spiro atoms. The predicted octanol–water partition coefficient (Wildman–Crippen LogP) is 4.15. The average molecular weight is 357 g/mol. The number of hydrogen-bond acceptors (Lipinski definition) is 2. The van der Waals surface area contributed by atoms with Crippen LogP contribution in [-0.4, -0.2) is 31.0 Å². The second-order valence-electron chi connectivity index (χ2n) is 6.60. The number of nitrogens with one attached hydrogen (secondary N) is 1. The number of guanidine groups is 1. The van der Waals surface area contributed by atoms with Crippen molar-refractivity contribution in [1.29, 1.82) is 0 Å². The number of hydrogen-bond donors (Lipinski definition) is 2. The fraction of sp³-hybridized carbons (Fsp3) is 0.350. The van der Waals surface area contributed by atoms with E-state index in [2.05, 4.69) is 34.4 Å². The molecule has 0 saturated carbocycles. The Morgan fingerprint density at radius 1 is 1.24 bits per heavy atom. The molecule has 0 aromatic heterocycles. The number of likely N-dealkylation sites (tertiary alicyclic amines) is 1. The van der Waals surface area contributed by atoms with Gasteiger partial charge in [-0.05, 0) is 62.2 Å². The number of rotatable bonds is 4. The third kappa shape index (κ3) is 4.74. The second-order valence-corrected chi connectivity index (χ2v) is 7.04. The number of aliphatic imine (C=N–C) groups is 1. The van der Waals surface area contributed by atoms with Crippen LogP contribution in [0.3, 0.4) is 0 Å². The lowest BCUT2D eigenvalue weighted by Crippen LogP contribution is -2.38. The fourth-order valence-corrected chi connectivity index (χ4v) is 3.79. The molecule has 1 fully saturated rings. The Bertz CT molecular complexity index is 717. The van der Waals surface area contributed by atoms with E-state index in [4.69, 9.17) is 17.3 Å². The van der Waals surface area contributed by atoms with Crippen molar-refractivity contribution in [3.05, 3.63) is 65.2 Å². The molecule has 2 aromatic rings. The Hall–Kier alpha value is -2.04. The summed E-state index contributed by atoms with van der Waals surface area (Å²) in [5.41, 5.74) is 8.28. The van der Waals surface area contributed by atoms with Gasteiger partial charge in [-0.2, -0.15) is 0 Å². The zero-order valence-corrected chi connectivity index (χ0v) is 15.3. The van der Waals surface area contributed by atoms with Crippen molar-refractivity contribution >= 4 is 23.2 Å². The standard InChI is InChI=1S/C20H25ClN4/c1-25-12-6-8-16(19(25)15-7-5-9-17(21)13-15)14-23-20(22)24-18-10-3-2-4-11-18/h2-5,7,9-11,13,16,19H,6,8,12,14H2,1H3,(H3,22,23,24). The highest BCUT2D eigenvalue weighted by molar-refractivity contribution is 6.30. The topological polar surface area (TPSA) is 53.6 Å². The molecule has 1 aliphatic heterocycles. The lowest BCUT2D eigenvalue weighted by atomic mass is 9.85. The Kier molecular flexibility index (Phi) is 5.95. The first-order valence-corrected chi connectivity index (χ1v) is 9.09. The highest BCUT2D eigenvalue weighted by Gasteiger charge is 2.30. The van der Waals surface area contributed by atoms with Crippen molar-refractivity contribution in [3.63, 3.8) is 0 Å². The van der Waals surface area contributed by atoms with Gasteiger partial charge in [0, 0.05) is 23.3 Å². The number of nitrogens with two attached hydrogens (primary N) is 1. The highest BCUT2D eigenvalue weighted by Crippen LogP contribution is 2.36. The lowest BCUT2D eigenvalue weighted by molar-refractivity contribution is 0.125. The third-order valence-electron chi connectivity index (χ3n) is 4.74. The lowest BCUT2D eigenvalue weighted by Gasteiger charge is -2.39. The maximum Gasteiger partial charge on any atom is 0.193 e. The van der Waals surface area contributed by atoms with Gasteiger partial charge in [-0.25, -0.2) is 0 Å².